The molecule has 0 aromatic carbocycles. The number of carbonyl (C=O) groups is 1. The number of nitrogens with one attached hydrogen (secondary N) is 1. The van der Waals surface area contributed by atoms with Crippen molar-refractivity contribution in [2.24, 2.45) is 0 Å². The highest BCUT2D eigenvalue weighted by atomic mass is 32.2. The van der Waals surface area contributed by atoms with Crippen LogP contribution in [0.5, 0.6) is 0 Å². The van der Waals surface area contributed by atoms with Crippen molar-refractivity contribution < 1.29 is 9.90 Å². The number of thiol groups is 2. The van der Waals surface area contributed by atoms with Gasteiger partial charge in [-0.25, -0.2) is 0 Å². The van der Waals surface area contributed by atoms with Gasteiger partial charge in [0.1, 0.15) is 6.23 Å². The zero-order chi connectivity index (χ0) is 7.44. The van der Waals surface area contributed by atoms with Gasteiger partial charge in [0, 0.05) is 6.92 Å². The average molecular weight is 167 g/mol. The molecule has 0 saturated carbocycles. The molecule has 0 aliphatic rings. The highest BCUT2D eigenvalue weighted by molar-refractivity contribution is 7.99. The quantitative estimate of drug-likeness (QED) is 0.335. The molecule has 54 valence electrons. The summed E-state index contributed by atoms with van der Waals surface area (Å²) in [7, 11) is 0. The predicted octanol–water partition coefficient (Wildman–Crippen LogP) is -0.373. The van der Waals surface area contributed by atoms with Crippen molar-refractivity contribution in [1.29, 1.82) is 0 Å². The minimum absolute atomic E-state index is 0.296. The Morgan fingerprint density at radius 2 is 2.11 bits per heavy atom. The van der Waals surface area contributed by atoms with Gasteiger partial charge in [0.15, 0.2) is 0 Å². The first-order valence-corrected chi connectivity index (χ1v) is 3.38. The normalized spacial score (nSPS) is 13.4. The van der Waals surface area contributed by atoms with Gasteiger partial charge < -0.3 is 10.4 Å². The first kappa shape index (κ1) is 9.13. The lowest BCUT2D eigenvalue weighted by Gasteiger charge is -2.12. The number of carbonyl (C=O) groups excluding carboxylic acids is 1. The molecular formula is C4H9NO2S2. The van der Waals surface area contributed by atoms with E-state index in [9.17, 15) is 4.79 Å². The molecule has 3 nitrogen and oxygen atoms in total. The first-order valence-electron chi connectivity index (χ1n) is 2.35. The molecule has 1 unspecified atom stereocenters. The van der Waals surface area contributed by atoms with E-state index >= 15 is 0 Å². The van der Waals surface area contributed by atoms with Crippen LogP contribution in [0.2, 0.25) is 0 Å². The van der Waals surface area contributed by atoms with E-state index in [0.717, 1.165) is 0 Å². The van der Waals surface area contributed by atoms with Crippen molar-refractivity contribution in [3.63, 3.8) is 0 Å². The SMILES string of the molecule is CC(=O)NC(O)C(S)S. The summed E-state index contributed by atoms with van der Waals surface area (Å²) in [6.07, 6.45) is -0.978. The molecule has 0 saturated heterocycles. The van der Waals surface area contributed by atoms with Crippen LogP contribution < -0.4 is 5.32 Å². The van der Waals surface area contributed by atoms with Crippen LogP contribution in [0.15, 0.2) is 0 Å². The van der Waals surface area contributed by atoms with Crippen molar-refractivity contribution >= 4 is 31.2 Å². The summed E-state index contributed by atoms with van der Waals surface area (Å²) in [5.74, 6) is -0.296. The van der Waals surface area contributed by atoms with E-state index < -0.39 is 10.8 Å². The van der Waals surface area contributed by atoms with Crippen LogP contribution in [-0.2, 0) is 4.79 Å². The molecule has 9 heavy (non-hydrogen) atoms. The Hall–Kier alpha value is 0.130. The number of aliphatic hydroxyl groups excluding tert-OH is 1. The van der Waals surface area contributed by atoms with Gasteiger partial charge in [-0.2, -0.15) is 25.3 Å². The van der Waals surface area contributed by atoms with Gasteiger partial charge in [-0.15, -0.1) is 0 Å². The molecule has 0 fully saturated rings. The molecule has 1 atom stereocenters. The maximum Gasteiger partial charge on any atom is 0.218 e. The van der Waals surface area contributed by atoms with E-state index in [1.54, 1.807) is 0 Å². The Morgan fingerprint density at radius 3 is 2.22 bits per heavy atom. The van der Waals surface area contributed by atoms with Crippen LogP contribution in [0.25, 0.3) is 0 Å². The third-order valence-corrected chi connectivity index (χ3v) is 1.20. The number of amides is 1. The van der Waals surface area contributed by atoms with Crippen LogP contribution in [-0.4, -0.2) is 21.8 Å². The molecule has 0 spiro atoms. The smallest absolute Gasteiger partial charge is 0.218 e. The van der Waals surface area contributed by atoms with E-state index in [0.29, 0.717) is 0 Å². The molecule has 0 rings (SSSR count). The van der Waals surface area contributed by atoms with Crippen molar-refractivity contribution in [2.45, 2.75) is 17.7 Å². The molecular weight excluding hydrogens is 158 g/mol. The van der Waals surface area contributed by atoms with Crippen molar-refractivity contribution in [1.82, 2.24) is 5.32 Å². The lowest BCUT2D eigenvalue weighted by molar-refractivity contribution is -0.121. The van der Waals surface area contributed by atoms with Crippen molar-refractivity contribution in [2.75, 3.05) is 0 Å². The Labute approximate surface area is 64.6 Å². The van der Waals surface area contributed by atoms with Gasteiger partial charge in [-0.05, 0) is 0 Å². The Kier molecular flexibility index (Phi) is 4.09. The summed E-state index contributed by atoms with van der Waals surface area (Å²) in [6.45, 7) is 1.31. The van der Waals surface area contributed by atoms with E-state index in [1.165, 1.54) is 6.92 Å². The second-order valence-electron chi connectivity index (χ2n) is 1.56. The molecule has 0 aromatic heterocycles. The summed E-state index contributed by atoms with van der Waals surface area (Å²) < 4.78 is -0.533. The van der Waals surface area contributed by atoms with Gasteiger partial charge in [-0.3, -0.25) is 4.79 Å². The van der Waals surface area contributed by atoms with Gasteiger partial charge in [0.25, 0.3) is 0 Å². The van der Waals surface area contributed by atoms with Gasteiger partial charge >= 0.3 is 0 Å². The fourth-order valence-electron chi connectivity index (χ4n) is 0.283. The van der Waals surface area contributed by atoms with Crippen LogP contribution in [0, 0.1) is 0 Å². The van der Waals surface area contributed by atoms with Gasteiger partial charge in [0.2, 0.25) is 5.91 Å². The fraction of sp³-hybridized carbons (Fsp3) is 0.750. The molecule has 0 bridgehead atoms. The summed E-state index contributed by atoms with van der Waals surface area (Å²) >= 11 is 7.53. The van der Waals surface area contributed by atoms with Crippen LogP contribution in [0.1, 0.15) is 6.92 Å². The third kappa shape index (κ3) is 4.62. The topological polar surface area (TPSA) is 49.3 Å². The van der Waals surface area contributed by atoms with E-state index in [4.69, 9.17) is 5.11 Å². The van der Waals surface area contributed by atoms with Gasteiger partial charge in [-0.1, -0.05) is 0 Å². The summed E-state index contributed by atoms with van der Waals surface area (Å²) in [4.78, 5) is 10.2. The number of rotatable bonds is 2. The molecule has 1 amide bonds. The molecule has 5 heteroatoms. The lowest BCUT2D eigenvalue weighted by Crippen LogP contribution is -2.37. The second kappa shape index (κ2) is 4.03. The monoisotopic (exact) mass is 167 g/mol. The molecule has 0 heterocycles. The number of hydrogen-bond donors (Lipinski definition) is 4. The Morgan fingerprint density at radius 1 is 1.67 bits per heavy atom. The maximum absolute atomic E-state index is 10.2. The standard InChI is InChI=1S/C4H9NO2S2/c1-2(6)5-3(7)4(8)9/h3-4,7-9H,1H3,(H,5,6). The van der Waals surface area contributed by atoms with Crippen LogP contribution in [0.3, 0.4) is 0 Å². The largest absolute Gasteiger partial charge is 0.372 e. The van der Waals surface area contributed by atoms with Gasteiger partial charge in [0.05, 0.1) is 4.58 Å². The first-order chi connectivity index (χ1) is 4.04. The summed E-state index contributed by atoms with van der Waals surface area (Å²) in [5.41, 5.74) is 0. The molecule has 0 radical (unpaired) electrons. The second-order valence-corrected chi connectivity index (χ2v) is 3.08. The predicted molar refractivity (Wildman–Crippen MR) is 41.6 cm³/mol. The van der Waals surface area contributed by atoms with E-state index in [1.807, 2.05) is 0 Å². The van der Waals surface area contributed by atoms with Crippen molar-refractivity contribution in [3.05, 3.63) is 0 Å². The number of hydrogen-bond acceptors (Lipinski definition) is 4. The van der Waals surface area contributed by atoms with Crippen LogP contribution >= 0.6 is 25.3 Å². The van der Waals surface area contributed by atoms with E-state index in [-0.39, 0.29) is 5.91 Å². The number of aliphatic hydroxyl groups is 1. The van der Waals surface area contributed by atoms with Crippen molar-refractivity contribution in [3.8, 4) is 0 Å². The average Bonchev–Trinajstić information content (AvgIpc) is 1.63. The molecule has 0 aliphatic carbocycles. The molecule has 2 N–H and O–H groups in total. The Balaban J connectivity index is 3.50. The third-order valence-electron chi connectivity index (χ3n) is 0.634. The highest BCUT2D eigenvalue weighted by Gasteiger charge is 2.09. The van der Waals surface area contributed by atoms with Crippen LogP contribution in [0.4, 0.5) is 0 Å². The van der Waals surface area contributed by atoms with E-state index in [2.05, 4.69) is 30.6 Å². The molecule has 0 aliphatic heterocycles. The zero-order valence-corrected chi connectivity index (χ0v) is 6.69. The fourth-order valence-corrected chi connectivity index (χ4v) is 0.432. The Bertz CT molecular complexity index is 107. The molecule has 0 aromatic rings. The summed E-state index contributed by atoms with van der Waals surface area (Å²) in [6, 6.07) is 0. The lowest BCUT2D eigenvalue weighted by atomic mass is 10.6. The minimum atomic E-state index is -0.978. The minimum Gasteiger partial charge on any atom is -0.372 e. The maximum atomic E-state index is 10.2. The highest BCUT2D eigenvalue weighted by Crippen LogP contribution is 2.02. The zero-order valence-electron chi connectivity index (χ0n) is 4.90. The summed E-state index contributed by atoms with van der Waals surface area (Å²) in [5, 5.41) is 11.0.